The van der Waals surface area contributed by atoms with E-state index in [0.717, 1.165) is 12.2 Å². The normalized spacial score (nSPS) is 10.3. The smallest absolute Gasteiger partial charge is 0.335 e. The zero-order valence-corrected chi connectivity index (χ0v) is 10.0. The van der Waals surface area contributed by atoms with Crippen LogP contribution >= 0.6 is 0 Å². The molecule has 2 aromatic rings. The number of imidazole rings is 1. The van der Waals surface area contributed by atoms with Gasteiger partial charge >= 0.3 is 5.97 Å². The minimum absolute atomic E-state index is 0.219. The summed E-state index contributed by atoms with van der Waals surface area (Å²) in [5.74, 6) is -0.419. The minimum atomic E-state index is -0.959. The van der Waals surface area contributed by atoms with E-state index in [4.69, 9.17) is 9.84 Å². The molecular formula is C13H14N2O3. The first kappa shape index (κ1) is 12.2. The van der Waals surface area contributed by atoms with Gasteiger partial charge in [0, 0.05) is 6.54 Å². The lowest BCUT2D eigenvalue weighted by Gasteiger charge is -2.08. The van der Waals surface area contributed by atoms with Crippen molar-refractivity contribution in [3.05, 3.63) is 48.0 Å². The van der Waals surface area contributed by atoms with Crippen LogP contribution in [0.4, 0.5) is 0 Å². The first-order valence-electron chi connectivity index (χ1n) is 5.66. The third-order valence-electron chi connectivity index (χ3n) is 2.61. The molecule has 0 radical (unpaired) electrons. The molecule has 0 aliphatic rings. The van der Waals surface area contributed by atoms with Gasteiger partial charge in [0.05, 0.1) is 23.8 Å². The van der Waals surface area contributed by atoms with Crippen molar-refractivity contribution < 1.29 is 14.6 Å². The quantitative estimate of drug-likeness (QED) is 0.878. The summed E-state index contributed by atoms with van der Waals surface area (Å²) in [5.41, 5.74) is 1.18. The lowest BCUT2D eigenvalue weighted by Crippen LogP contribution is -2.04. The predicted molar refractivity (Wildman–Crippen MR) is 65.6 cm³/mol. The summed E-state index contributed by atoms with van der Waals surface area (Å²) >= 11 is 0. The summed E-state index contributed by atoms with van der Waals surface area (Å²) in [6, 6.07) is 6.44. The molecule has 1 heterocycles. The van der Waals surface area contributed by atoms with Gasteiger partial charge in [0.2, 0.25) is 0 Å². The summed E-state index contributed by atoms with van der Waals surface area (Å²) in [7, 11) is 0. The van der Waals surface area contributed by atoms with Gasteiger partial charge in [-0.15, -0.1) is 0 Å². The summed E-state index contributed by atoms with van der Waals surface area (Å²) < 4.78 is 7.53. The van der Waals surface area contributed by atoms with Crippen molar-refractivity contribution in [2.24, 2.45) is 0 Å². The highest BCUT2D eigenvalue weighted by Gasteiger charge is 2.05. The van der Waals surface area contributed by atoms with Crippen LogP contribution in [0.15, 0.2) is 36.8 Å². The molecule has 1 N–H and O–H groups in total. The highest BCUT2D eigenvalue weighted by atomic mass is 16.5. The number of benzene rings is 1. The predicted octanol–water partition coefficient (Wildman–Crippen LogP) is 2.18. The second-order valence-electron chi connectivity index (χ2n) is 3.79. The van der Waals surface area contributed by atoms with E-state index >= 15 is 0 Å². The van der Waals surface area contributed by atoms with Crippen molar-refractivity contribution in [1.82, 2.24) is 9.55 Å². The number of hydrogen-bond acceptors (Lipinski definition) is 3. The SMILES string of the molecule is CCn1cncc1COc1cccc(C(=O)O)c1. The Hall–Kier alpha value is -2.30. The van der Waals surface area contributed by atoms with E-state index in [9.17, 15) is 4.79 Å². The van der Waals surface area contributed by atoms with Gasteiger partial charge in [0.1, 0.15) is 12.4 Å². The second kappa shape index (κ2) is 5.35. The number of carboxylic acids is 1. The molecule has 18 heavy (non-hydrogen) atoms. The molecule has 94 valence electrons. The molecule has 0 aliphatic heterocycles. The molecule has 0 saturated heterocycles. The number of carbonyl (C=O) groups is 1. The van der Waals surface area contributed by atoms with Gasteiger partial charge in [0.25, 0.3) is 0 Å². The fourth-order valence-corrected chi connectivity index (χ4v) is 1.63. The summed E-state index contributed by atoms with van der Waals surface area (Å²) in [5, 5.41) is 8.87. The third-order valence-corrected chi connectivity index (χ3v) is 2.61. The zero-order valence-electron chi connectivity index (χ0n) is 10.0. The molecule has 0 unspecified atom stereocenters. The first-order chi connectivity index (χ1) is 8.70. The van der Waals surface area contributed by atoms with Gasteiger partial charge in [-0.05, 0) is 25.1 Å². The Balaban J connectivity index is 2.06. The highest BCUT2D eigenvalue weighted by molar-refractivity contribution is 5.87. The number of aromatic carboxylic acids is 1. The summed E-state index contributed by atoms with van der Waals surface area (Å²) in [4.78, 5) is 14.9. The van der Waals surface area contributed by atoms with Crippen LogP contribution in [-0.4, -0.2) is 20.6 Å². The Morgan fingerprint density at radius 2 is 2.33 bits per heavy atom. The number of ether oxygens (including phenoxy) is 1. The molecule has 0 spiro atoms. The molecule has 0 fully saturated rings. The summed E-state index contributed by atoms with van der Waals surface area (Å²) in [6.45, 7) is 3.22. The number of nitrogens with zero attached hydrogens (tertiary/aromatic N) is 2. The van der Waals surface area contributed by atoms with E-state index in [1.54, 1.807) is 24.7 Å². The summed E-state index contributed by atoms with van der Waals surface area (Å²) in [6.07, 6.45) is 3.48. The fourth-order valence-electron chi connectivity index (χ4n) is 1.63. The van der Waals surface area contributed by atoms with Gasteiger partial charge in [-0.3, -0.25) is 0 Å². The van der Waals surface area contributed by atoms with Crippen LogP contribution in [0, 0.1) is 0 Å². The molecule has 2 rings (SSSR count). The Morgan fingerprint density at radius 3 is 3.06 bits per heavy atom. The van der Waals surface area contributed by atoms with Crippen LogP contribution in [0.25, 0.3) is 0 Å². The van der Waals surface area contributed by atoms with Gasteiger partial charge in [-0.2, -0.15) is 0 Å². The average Bonchev–Trinajstić information content (AvgIpc) is 2.84. The maximum absolute atomic E-state index is 10.8. The number of aromatic nitrogens is 2. The Labute approximate surface area is 105 Å². The van der Waals surface area contributed by atoms with Crippen molar-refractivity contribution in [3.63, 3.8) is 0 Å². The maximum Gasteiger partial charge on any atom is 0.335 e. The third kappa shape index (κ3) is 2.68. The molecule has 0 aliphatic carbocycles. The fraction of sp³-hybridized carbons (Fsp3) is 0.231. The molecule has 0 saturated carbocycles. The van der Waals surface area contributed by atoms with E-state index < -0.39 is 5.97 Å². The van der Waals surface area contributed by atoms with Crippen LogP contribution in [0.2, 0.25) is 0 Å². The van der Waals surface area contributed by atoms with Crippen molar-refractivity contribution in [1.29, 1.82) is 0 Å². The Morgan fingerprint density at radius 1 is 1.50 bits per heavy atom. The topological polar surface area (TPSA) is 64.4 Å². The zero-order chi connectivity index (χ0) is 13.0. The van der Waals surface area contributed by atoms with E-state index in [2.05, 4.69) is 4.98 Å². The Bertz CT molecular complexity index is 549. The molecule has 5 heteroatoms. The monoisotopic (exact) mass is 246 g/mol. The van der Waals surface area contributed by atoms with E-state index in [0.29, 0.717) is 12.4 Å². The van der Waals surface area contributed by atoms with Crippen molar-refractivity contribution in [2.75, 3.05) is 0 Å². The van der Waals surface area contributed by atoms with E-state index in [1.807, 2.05) is 11.5 Å². The van der Waals surface area contributed by atoms with Crippen LogP contribution in [-0.2, 0) is 13.2 Å². The molecule has 1 aromatic carbocycles. The average molecular weight is 246 g/mol. The van der Waals surface area contributed by atoms with Gasteiger partial charge < -0.3 is 14.4 Å². The number of carboxylic acid groups (broad SMARTS) is 1. The molecule has 0 bridgehead atoms. The van der Waals surface area contributed by atoms with Crippen LogP contribution in [0.3, 0.4) is 0 Å². The van der Waals surface area contributed by atoms with E-state index in [1.165, 1.54) is 12.1 Å². The molecule has 0 amide bonds. The van der Waals surface area contributed by atoms with E-state index in [-0.39, 0.29) is 5.56 Å². The Kier molecular flexibility index (Phi) is 3.62. The molecule has 5 nitrogen and oxygen atoms in total. The van der Waals surface area contributed by atoms with Crippen molar-refractivity contribution in [2.45, 2.75) is 20.1 Å². The largest absolute Gasteiger partial charge is 0.487 e. The van der Waals surface area contributed by atoms with Gasteiger partial charge in [-0.25, -0.2) is 9.78 Å². The first-order valence-corrected chi connectivity index (χ1v) is 5.66. The number of rotatable bonds is 5. The number of hydrogen-bond donors (Lipinski definition) is 1. The molecular weight excluding hydrogens is 232 g/mol. The van der Waals surface area contributed by atoms with Crippen molar-refractivity contribution >= 4 is 5.97 Å². The molecule has 1 aromatic heterocycles. The second-order valence-corrected chi connectivity index (χ2v) is 3.79. The lowest BCUT2D eigenvalue weighted by atomic mass is 10.2. The van der Waals surface area contributed by atoms with Crippen LogP contribution < -0.4 is 4.74 Å². The highest BCUT2D eigenvalue weighted by Crippen LogP contribution is 2.15. The number of aryl methyl sites for hydroxylation is 1. The van der Waals surface area contributed by atoms with Crippen LogP contribution in [0.1, 0.15) is 23.0 Å². The lowest BCUT2D eigenvalue weighted by molar-refractivity contribution is 0.0696. The van der Waals surface area contributed by atoms with Crippen LogP contribution in [0.5, 0.6) is 5.75 Å². The maximum atomic E-state index is 10.8. The van der Waals surface area contributed by atoms with Gasteiger partial charge in [0.15, 0.2) is 0 Å². The minimum Gasteiger partial charge on any atom is -0.487 e. The standard InChI is InChI=1S/C13H14N2O3/c1-2-15-9-14-7-11(15)8-18-12-5-3-4-10(6-12)13(16)17/h3-7,9H,2,8H2,1H3,(H,16,17). The molecule has 0 atom stereocenters. The van der Waals surface area contributed by atoms with Gasteiger partial charge in [-0.1, -0.05) is 6.07 Å². The van der Waals surface area contributed by atoms with Crippen molar-refractivity contribution in [3.8, 4) is 5.75 Å².